The standard InChI is InChI=1S/C13H9Br2F/c14-12-8-10(16)6-7-11(12)13(15)9-4-2-1-3-5-9/h1-8,13H. The average molecular weight is 344 g/mol. The fourth-order valence-electron chi connectivity index (χ4n) is 1.51. The molecule has 0 aliphatic heterocycles. The maximum atomic E-state index is 13.0. The van der Waals surface area contributed by atoms with Crippen molar-refractivity contribution < 1.29 is 4.39 Å². The van der Waals surface area contributed by atoms with E-state index in [0.717, 1.165) is 15.6 Å². The average Bonchev–Trinajstić information content (AvgIpc) is 2.29. The predicted molar refractivity (Wildman–Crippen MR) is 71.3 cm³/mol. The van der Waals surface area contributed by atoms with Crippen LogP contribution in [0.25, 0.3) is 0 Å². The zero-order valence-electron chi connectivity index (χ0n) is 8.33. The summed E-state index contributed by atoms with van der Waals surface area (Å²) in [6, 6.07) is 14.8. The van der Waals surface area contributed by atoms with Crippen molar-refractivity contribution in [3.8, 4) is 0 Å². The third-order valence-corrected chi connectivity index (χ3v) is 4.04. The SMILES string of the molecule is Fc1ccc(C(Br)c2ccccc2)c(Br)c1. The van der Waals surface area contributed by atoms with Crippen LogP contribution in [0.15, 0.2) is 53.0 Å². The van der Waals surface area contributed by atoms with E-state index in [0.29, 0.717) is 0 Å². The zero-order valence-corrected chi connectivity index (χ0v) is 11.5. The monoisotopic (exact) mass is 342 g/mol. The lowest BCUT2D eigenvalue weighted by atomic mass is 10.1. The van der Waals surface area contributed by atoms with E-state index < -0.39 is 0 Å². The van der Waals surface area contributed by atoms with Crippen molar-refractivity contribution in [1.82, 2.24) is 0 Å². The van der Waals surface area contributed by atoms with Crippen LogP contribution in [0.2, 0.25) is 0 Å². The predicted octanol–water partition coefficient (Wildman–Crippen LogP) is 5.07. The third-order valence-electron chi connectivity index (χ3n) is 2.33. The normalized spacial score (nSPS) is 12.4. The van der Waals surface area contributed by atoms with Crippen LogP contribution >= 0.6 is 31.9 Å². The molecule has 0 heterocycles. The van der Waals surface area contributed by atoms with Crippen LogP contribution in [0, 0.1) is 5.82 Å². The highest BCUT2D eigenvalue weighted by Gasteiger charge is 2.13. The Kier molecular flexibility index (Phi) is 3.77. The summed E-state index contributed by atoms with van der Waals surface area (Å²) in [7, 11) is 0. The highest BCUT2D eigenvalue weighted by atomic mass is 79.9. The number of benzene rings is 2. The van der Waals surface area contributed by atoms with Crippen molar-refractivity contribution >= 4 is 31.9 Å². The maximum absolute atomic E-state index is 13.0. The number of hydrogen-bond acceptors (Lipinski definition) is 0. The van der Waals surface area contributed by atoms with E-state index >= 15 is 0 Å². The molecule has 0 nitrogen and oxygen atoms in total. The van der Waals surface area contributed by atoms with Crippen LogP contribution in [0.1, 0.15) is 16.0 Å². The Morgan fingerprint density at radius 3 is 2.31 bits per heavy atom. The first kappa shape index (κ1) is 11.8. The number of rotatable bonds is 2. The van der Waals surface area contributed by atoms with Crippen LogP contribution in [-0.4, -0.2) is 0 Å². The summed E-state index contributed by atoms with van der Waals surface area (Å²) in [5.74, 6) is -0.233. The first-order chi connectivity index (χ1) is 7.68. The molecule has 0 saturated carbocycles. The Morgan fingerprint density at radius 2 is 1.69 bits per heavy atom. The summed E-state index contributed by atoms with van der Waals surface area (Å²) in [5, 5.41) is 0. The molecule has 0 aliphatic carbocycles. The molecule has 0 radical (unpaired) electrons. The molecule has 16 heavy (non-hydrogen) atoms. The number of hydrogen-bond donors (Lipinski definition) is 0. The molecule has 2 rings (SSSR count). The minimum atomic E-state index is -0.233. The fourth-order valence-corrected chi connectivity index (χ4v) is 3.10. The topological polar surface area (TPSA) is 0 Å². The zero-order chi connectivity index (χ0) is 11.5. The van der Waals surface area contributed by atoms with Gasteiger partial charge in [0.05, 0.1) is 4.83 Å². The molecular weight excluding hydrogens is 335 g/mol. The van der Waals surface area contributed by atoms with E-state index in [4.69, 9.17) is 0 Å². The number of halogens is 3. The number of alkyl halides is 1. The third kappa shape index (κ3) is 2.53. The van der Waals surface area contributed by atoms with Crippen LogP contribution in [0.3, 0.4) is 0 Å². The molecule has 3 heteroatoms. The van der Waals surface area contributed by atoms with Gasteiger partial charge in [0.25, 0.3) is 0 Å². The lowest BCUT2D eigenvalue weighted by Crippen LogP contribution is -1.94. The first-order valence-corrected chi connectivity index (χ1v) is 6.53. The fraction of sp³-hybridized carbons (Fsp3) is 0.0769. The molecule has 0 fully saturated rings. The van der Waals surface area contributed by atoms with Gasteiger partial charge in [-0.2, -0.15) is 0 Å². The van der Waals surface area contributed by atoms with E-state index in [-0.39, 0.29) is 10.6 Å². The van der Waals surface area contributed by atoms with Crippen molar-refractivity contribution in [2.75, 3.05) is 0 Å². The van der Waals surface area contributed by atoms with Gasteiger partial charge in [-0.3, -0.25) is 0 Å². The van der Waals surface area contributed by atoms with Gasteiger partial charge in [-0.1, -0.05) is 68.3 Å². The van der Waals surface area contributed by atoms with Gasteiger partial charge < -0.3 is 0 Å². The van der Waals surface area contributed by atoms with Crippen molar-refractivity contribution in [3.63, 3.8) is 0 Å². The molecule has 1 unspecified atom stereocenters. The molecule has 2 aromatic rings. The van der Waals surface area contributed by atoms with Gasteiger partial charge in [0.2, 0.25) is 0 Å². The summed E-state index contributed by atoms with van der Waals surface area (Å²) in [6.07, 6.45) is 0. The van der Waals surface area contributed by atoms with Crippen LogP contribution in [-0.2, 0) is 0 Å². The Bertz CT molecular complexity index is 483. The molecule has 0 bridgehead atoms. The smallest absolute Gasteiger partial charge is 0.124 e. The molecule has 0 spiro atoms. The summed E-state index contributed by atoms with van der Waals surface area (Å²) < 4.78 is 13.7. The summed E-state index contributed by atoms with van der Waals surface area (Å²) in [5.41, 5.74) is 2.17. The highest BCUT2D eigenvalue weighted by Crippen LogP contribution is 2.35. The second-order valence-corrected chi connectivity index (χ2v) is 5.21. The summed E-state index contributed by atoms with van der Waals surface area (Å²) >= 11 is 6.99. The Hall–Kier alpha value is -0.670. The Balaban J connectivity index is 2.38. The van der Waals surface area contributed by atoms with Gasteiger partial charge in [-0.15, -0.1) is 0 Å². The quantitative estimate of drug-likeness (QED) is 0.667. The Morgan fingerprint density at radius 1 is 1.00 bits per heavy atom. The summed E-state index contributed by atoms with van der Waals surface area (Å²) in [6.45, 7) is 0. The Labute approximate surface area is 111 Å². The minimum absolute atomic E-state index is 0.0728. The van der Waals surface area contributed by atoms with E-state index in [1.54, 1.807) is 6.07 Å². The molecule has 0 aliphatic rings. The van der Waals surface area contributed by atoms with Crippen molar-refractivity contribution in [2.24, 2.45) is 0 Å². The van der Waals surface area contributed by atoms with E-state index in [9.17, 15) is 4.39 Å². The molecular formula is C13H9Br2F. The van der Waals surface area contributed by atoms with Gasteiger partial charge in [-0.05, 0) is 23.3 Å². The van der Waals surface area contributed by atoms with Gasteiger partial charge in [0.15, 0.2) is 0 Å². The molecule has 82 valence electrons. The largest absolute Gasteiger partial charge is 0.207 e. The van der Waals surface area contributed by atoms with Gasteiger partial charge in [0.1, 0.15) is 5.82 Å². The van der Waals surface area contributed by atoms with E-state index in [2.05, 4.69) is 31.9 Å². The van der Waals surface area contributed by atoms with Gasteiger partial charge >= 0.3 is 0 Å². The van der Waals surface area contributed by atoms with Crippen molar-refractivity contribution in [2.45, 2.75) is 4.83 Å². The van der Waals surface area contributed by atoms with Gasteiger partial charge in [-0.25, -0.2) is 4.39 Å². The lowest BCUT2D eigenvalue weighted by molar-refractivity contribution is 0.626. The lowest BCUT2D eigenvalue weighted by Gasteiger charge is -2.12. The molecule has 0 N–H and O–H groups in total. The van der Waals surface area contributed by atoms with Crippen molar-refractivity contribution in [3.05, 3.63) is 69.9 Å². The van der Waals surface area contributed by atoms with E-state index in [1.165, 1.54) is 12.1 Å². The van der Waals surface area contributed by atoms with Crippen molar-refractivity contribution in [1.29, 1.82) is 0 Å². The highest BCUT2D eigenvalue weighted by molar-refractivity contribution is 9.11. The van der Waals surface area contributed by atoms with Gasteiger partial charge in [0, 0.05) is 4.47 Å². The summed E-state index contributed by atoms with van der Waals surface area (Å²) in [4.78, 5) is 0.0728. The van der Waals surface area contributed by atoms with Crippen LogP contribution < -0.4 is 0 Å². The second-order valence-electron chi connectivity index (χ2n) is 3.44. The molecule has 1 atom stereocenters. The molecule has 0 saturated heterocycles. The first-order valence-electron chi connectivity index (χ1n) is 4.82. The second kappa shape index (κ2) is 5.11. The minimum Gasteiger partial charge on any atom is -0.207 e. The molecule has 2 aromatic carbocycles. The van der Waals surface area contributed by atoms with Crippen LogP contribution in [0.4, 0.5) is 4.39 Å². The molecule has 0 amide bonds. The maximum Gasteiger partial charge on any atom is 0.124 e. The molecule has 0 aromatic heterocycles. The van der Waals surface area contributed by atoms with Crippen LogP contribution in [0.5, 0.6) is 0 Å². The van der Waals surface area contributed by atoms with E-state index in [1.807, 2.05) is 30.3 Å².